The molecule has 84 valence electrons. The molecule has 0 fully saturated rings. The Morgan fingerprint density at radius 2 is 1.86 bits per heavy atom. The SMILES string of the molecule is C=CCN(CC(N)CC(C)C)C(C)C. The molecule has 0 heterocycles. The van der Waals surface area contributed by atoms with Gasteiger partial charge in [-0.05, 0) is 26.2 Å². The van der Waals surface area contributed by atoms with Crippen molar-refractivity contribution in [2.24, 2.45) is 11.7 Å². The van der Waals surface area contributed by atoms with Crippen molar-refractivity contribution in [1.29, 1.82) is 0 Å². The Balaban J connectivity index is 3.95. The van der Waals surface area contributed by atoms with Crippen molar-refractivity contribution in [3.8, 4) is 0 Å². The van der Waals surface area contributed by atoms with Crippen LogP contribution in [0.5, 0.6) is 0 Å². The molecule has 0 amide bonds. The van der Waals surface area contributed by atoms with Crippen molar-refractivity contribution in [2.45, 2.75) is 46.2 Å². The standard InChI is InChI=1S/C12H26N2/c1-6-7-14(11(4)5)9-12(13)8-10(2)3/h6,10-12H,1,7-9,13H2,2-5H3. The Labute approximate surface area is 89.2 Å². The molecule has 0 aromatic heterocycles. The van der Waals surface area contributed by atoms with Crippen molar-refractivity contribution in [3.63, 3.8) is 0 Å². The second-order valence-corrected chi connectivity index (χ2v) is 4.73. The zero-order valence-corrected chi connectivity index (χ0v) is 10.2. The van der Waals surface area contributed by atoms with Crippen molar-refractivity contribution >= 4 is 0 Å². The summed E-state index contributed by atoms with van der Waals surface area (Å²) in [4.78, 5) is 2.36. The first-order valence-electron chi connectivity index (χ1n) is 5.57. The fraction of sp³-hybridized carbons (Fsp3) is 0.833. The number of hydrogen-bond acceptors (Lipinski definition) is 2. The lowest BCUT2D eigenvalue weighted by atomic mass is 10.0. The highest BCUT2D eigenvalue weighted by Crippen LogP contribution is 2.06. The Hall–Kier alpha value is -0.340. The number of nitrogens with two attached hydrogens (primary N) is 1. The average Bonchev–Trinajstić information content (AvgIpc) is 2.01. The zero-order chi connectivity index (χ0) is 11.1. The first kappa shape index (κ1) is 13.7. The van der Waals surface area contributed by atoms with Gasteiger partial charge in [0.2, 0.25) is 0 Å². The van der Waals surface area contributed by atoms with Crippen LogP contribution in [0.4, 0.5) is 0 Å². The number of hydrogen-bond donors (Lipinski definition) is 1. The summed E-state index contributed by atoms with van der Waals surface area (Å²) in [5.41, 5.74) is 6.07. The van der Waals surface area contributed by atoms with E-state index in [2.05, 4.69) is 39.2 Å². The quantitative estimate of drug-likeness (QED) is 0.636. The van der Waals surface area contributed by atoms with Gasteiger partial charge in [0.05, 0.1) is 0 Å². The normalized spacial score (nSPS) is 14.0. The van der Waals surface area contributed by atoms with Gasteiger partial charge in [-0.15, -0.1) is 6.58 Å². The molecule has 0 saturated carbocycles. The van der Waals surface area contributed by atoms with Gasteiger partial charge in [-0.1, -0.05) is 19.9 Å². The second kappa shape index (κ2) is 7.02. The van der Waals surface area contributed by atoms with Gasteiger partial charge in [-0.2, -0.15) is 0 Å². The van der Waals surface area contributed by atoms with Crippen LogP contribution in [0.2, 0.25) is 0 Å². The van der Waals surface area contributed by atoms with Gasteiger partial charge in [0.1, 0.15) is 0 Å². The molecule has 0 aliphatic carbocycles. The van der Waals surface area contributed by atoms with E-state index in [-0.39, 0.29) is 6.04 Å². The number of nitrogens with zero attached hydrogens (tertiary/aromatic N) is 1. The lowest BCUT2D eigenvalue weighted by Gasteiger charge is -2.28. The van der Waals surface area contributed by atoms with Gasteiger partial charge in [0, 0.05) is 25.2 Å². The highest BCUT2D eigenvalue weighted by molar-refractivity contribution is 4.79. The molecule has 0 bridgehead atoms. The third-order valence-corrected chi connectivity index (χ3v) is 2.34. The molecule has 2 N–H and O–H groups in total. The lowest BCUT2D eigenvalue weighted by molar-refractivity contribution is 0.222. The van der Waals surface area contributed by atoms with E-state index >= 15 is 0 Å². The second-order valence-electron chi connectivity index (χ2n) is 4.73. The Bertz CT molecular complexity index is 152. The van der Waals surface area contributed by atoms with Crippen LogP contribution < -0.4 is 5.73 Å². The van der Waals surface area contributed by atoms with Gasteiger partial charge in [-0.3, -0.25) is 4.90 Å². The predicted octanol–water partition coefficient (Wildman–Crippen LogP) is 2.26. The summed E-state index contributed by atoms with van der Waals surface area (Å²) in [6, 6.07) is 0.837. The summed E-state index contributed by atoms with van der Waals surface area (Å²) in [6.45, 7) is 14.5. The summed E-state index contributed by atoms with van der Waals surface area (Å²) in [5.74, 6) is 0.683. The van der Waals surface area contributed by atoms with E-state index in [9.17, 15) is 0 Å². The topological polar surface area (TPSA) is 29.3 Å². The molecule has 0 rings (SSSR count). The lowest BCUT2D eigenvalue weighted by Crippen LogP contribution is -2.41. The van der Waals surface area contributed by atoms with E-state index in [1.54, 1.807) is 0 Å². The zero-order valence-electron chi connectivity index (χ0n) is 10.2. The minimum atomic E-state index is 0.289. The molecular formula is C12H26N2. The van der Waals surface area contributed by atoms with Crippen molar-refractivity contribution in [1.82, 2.24) is 4.90 Å². The molecule has 14 heavy (non-hydrogen) atoms. The largest absolute Gasteiger partial charge is 0.327 e. The third kappa shape index (κ3) is 6.17. The molecule has 2 heteroatoms. The van der Waals surface area contributed by atoms with Crippen LogP contribution in [0.1, 0.15) is 34.1 Å². The molecule has 0 spiro atoms. The van der Waals surface area contributed by atoms with E-state index in [0.29, 0.717) is 12.0 Å². The Kier molecular flexibility index (Phi) is 6.85. The highest BCUT2D eigenvalue weighted by atomic mass is 15.2. The van der Waals surface area contributed by atoms with Gasteiger partial charge in [0.15, 0.2) is 0 Å². The van der Waals surface area contributed by atoms with Gasteiger partial charge >= 0.3 is 0 Å². The van der Waals surface area contributed by atoms with Crippen LogP contribution in [-0.4, -0.2) is 30.1 Å². The van der Waals surface area contributed by atoms with Gasteiger partial charge in [0.25, 0.3) is 0 Å². The van der Waals surface area contributed by atoms with Crippen LogP contribution >= 0.6 is 0 Å². The molecule has 0 saturated heterocycles. The summed E-state index contributed by atoms with van der Waals surface area (Å²) in [6.07, 6.45) is 3.04. The highest BCUT2D eigenvalue weighted by Gasteiger charge is 2.13. The Morgan fingerprint density at radius 1 is 1.29 bits per heavy atom. The van der Waals surface area contributed by atoms with E-state index in [1.807, 2.05) is 6.08 Å². The molecule has 0 aliphatic heterocycles. The fourth-order valence-electron chi connectivity index (χ4n) is 1.64. The van der Waals surface area contributed by atoms with E-state index in [0.717, 1.165) is 19.5 Å². The van der Waals surface area contributed by atoms with Crippen molar-refractivity contribution in [2.75, 3.05) is 13.1 Å². The smallest absolute Gasteiger partial charge is 0.0170 e. The third-order valence-electron chi connectivity index (χ3n) is 2.34. The van der Waals surface area contributed by atoms with Crippen LogP contribution in [0.15, 0.2) is 12.7 Å². The van der Waals surface area contributed by atoms with Crippen LogP contribution in [-0.2, 0) is 0 Å². The summed E-state index contributed by atoms with van der Waals surface area (Å²) in [5, 5.41) is 0. The maximum atomic E-state index is 6.07. The fourth-order valence-corrected chi connectivity index (χ4v) is 1.64. The molecule has 1 atom stereocenters. The van der Waals surface area contributed by atoms with E-state index < -0.39 is 0 Å². The molecular weight excluding hydrogens is 172 g/mol. The first-order chi connectivity index (χ1) is 6.47. The van der Waals surface area contributed by atoms with Crippen molar-refractivity contribution in [3.05, 3.63) is 12.7 Å². The summed E-state index contributed by atoms with van der Waals surface area (Å²) >= 11 is 0. The maximum Gasteiger partial charge on any atom is 0.0170 e. The molecule has 0 radical (unpaired) electrons. The molecule has 0 aromatic rings. The monoisotopic (exact) mass is 198 g/mol. The summed E-state index contributed by atoms with van der Waals surface area (Å²) < 4.78 is 0. The van der Waals surface area contributed by atoms with E-state index in [1.165, 1.54) is 0 Å². The summed E-state index contributed by atoms with van der Waals surface area (Å²) in [7, 11) is 0. The number of rotatable bonds is 7. The van der Waals surface area contributed by atoms with Crippen LogP contribution in [0.25, 0.3) is 0 Å². The predicted molar refractivity (Wildman–Crippen MR) is 64.3 cm³/mol. The minimum Gasteiger partial charge on any atom is -0.327 e. The maximum absolute atomic E-state index is 6.07. The molecule has 0 aliphatic rings. The first-order valence-corrected chi connectivity index (χ1v) is 5.57. The molecule has 1 unspecified atom stereocenters. The van der Waals surface area contributed by atoms with Gasteiger partial charge in [-0.25, -0.2) is 0 Å². The average molecular weight is 198 g/mol. The minimum absolute atomic E-state index is 0.289. The van der Waals surface area contributed by atoms with Crippen LogP contribution in [0, 0.1) is 5.92 Å². The van der Waals surface area contributed by atoms with Crippen molar-refractivity contribution < 1.29 is 0 Å². The van der Waals surface area contributed by atoms with E-state index in [4.69, 9.17) is 5.73 Å². The van der Waals surface area contributed by atoms with Gasteiger partial charge < -0.3 is 5.73 Å². The Morgan fingerprint density at radius 3 is 2.21 bits per heavy atom. The molecule has 2 nitrogen and oxygen atoms in total. The molecule has 0 aromatic carbocycles. The van der Waals surface area contributed by atoms with Crippen LogP contribution in [0.3, 0.4) is 0 Å².